The maximum atomic E-state index is 13.4. The standard InChI is InChI=1S/C13H18BrFN2O3.ClH/c1-19-7-6-16-4-5-17-13(18)9-20-12-3-2-10(14)8-11(12)15;/h2-3,8,16H,4-7,9H2,1H3,(H,17,18);1H. The summed E-state index contributed by atoms with van der Waals surface area (Å²) < 4.78 is 24.0. The minimum Gasteiger partial charge on any atom is -0.481 e. The fourth-order valence-electron chi connectivity index (χ4n) is 1.38. The van der Waals surface area contributed by atoms with Gasteiger partial charge < -0.3 is 20.1 Å². The van der Waals surface area contributed by atoms with Crippen LogP contribution >= 0.6 is 28.3 Å². The van der Waals surface area contributed by atoms with E-state index in [0.29, 0.717) is 24.2 Å². The Bertz CT molecular complexity index is 438. The summed E-state index contributed by atoms with van der Waals surface area (Å²) in [7, 11) is 1.63. The molecular formula is C13H19BrClFN2O3. The number of halogens is 3. The lowest BCUT2D eigenvalue weighted by atomic mass is 10.3. The number of amides is 1. The largest absolute Gasteiger partial charge is 0.481 e. The Morgan fingerprint density at radius 3 is 2.76 bits per heavy atom. The summed E-state index contributed by atoms with van der Waals surface area (Å²) in [4.78, 5) is 11.5. The fraction of sp³-hybridized carbons (Fsp3) is 0.462. The predicted octanol–water partition coefficient (Wildman–Crippen LogP) is 1.74. The smallest absolute Gasteiger partial charge is 0.257 e. The molecule has 1 aromatic rings. The van der Waals surface area contributed by atoms with E-state index >= 15 is 0 Å². The van der Waals surface area contributed by atoms with Crippen molar-refractivity contribution >= 4 is 34.2 Å². The molecule has 120 valence electrons. The molecule has 5 nitrogen and oxygen atoms in total. The van der Waals surface area contributed by atoms with E-state index in [4.69, 9.17) is 9.47 Å². The van der Waals surface area contributed by atoms with Crippen molar-refractivity contribution in [3.05, 3.63) is 28.5 Å². The molecule has 0 fully saturated rings. The summed E-state index contributed by atoms with van der Waals surface area (Å²) in [5.41, 5.74) is 0. The lowest BCUT2D eigenvalue weighted by Gasteiger charge is -2.09. The molecule has 0 aliphatic rings. The highest BCUT2D eigenvalue weighted by molar-refractivity contribution is 9.10. The third-order valence-electron chi connectivity index (χ3n) is 2.36. The van der Waals surface area contributed by atoms with Crippen LogP contribution in [0.4, 0.5) is 4.39 Å². The highest BCUT2D eigenvalue weighted by Crippen LogP contribution is 2.21. The Morgan fingerprint density at radius 2 is 2.10 bits per heavy atom. The van der Waals surface area contributed by atoms with Gasteiger partial charge in [0.1, 0.15) is 0 Å². The van der Waals surface area contributed by atoms with Gasteiger partial charge in [0.15, 0.2) is 18.2 Å². The summed E-state index contributed by atoms with van der Waals surface area (Å²) in [6, 6.07) is 4.40. The summed E-state index contributed by atoms with van der Waals surface area (Å²) in [6.07, 6.45) is 0. The summed E-state index contributed by atoms with van der Waals surface area (Å²) in [6.45, 7) is 2.26. The van der Waals surface area contributed by atoms with Gasteiger partial charge in [0.05, 0.1) is 6.61 Å². The van der Waals surface area contributed by atoms with Crippen LogP contribution in [0.5, 0.6) is 5.75 Å². The number of methoxy groups -OCH3 is 1. The molecule has 8 heteroatoms. The molecule has 0 saturated carbocycles. The SMILES string of the molecule is COCCNCCNC(=O)COc1ccc(Br)cc1F.Cl. The maximum absolute atomic E-state index is 13.4. The zero-order valence-electron chi connectivity index (χ0n) is 11.7. The molecule has 0 heterocycles. The molecule has 0 aromatic heterocycles. The van der Waals surface area contributed by atoms with Crippen molar-refractivity contribution in [1.82, 2.24) is 10.6 Å². The zero-order chi connectivity index (χ0) is 14.8. The Balaban J connectivity index is 0.00000400. The summed E-state index contributed by atoms with van der Waals surface area (Å²) in [5.74, 6) is -0.740. The second-order valence-corrected chi connectivity index (χ2v) is 4.87. The van der Waals surface area contributed by atoms with Crippen molar-refractivity contribution in [3.63, 3.8) is 0 Å². The molecule has 0 unspecified atom stereocenters. The third-order valence-corrected chi connectivity index (χ3v) is 2.85. The molecule has 0 saturated heterocycles. The number of ether oxygens (including phenoxy) is 2. The fourth-order valence-corrected chi connectivity index (χ4v) is 1.71. The number of hydrogen-bond acceptors (Lipinski definition) is 4. The predicted molar refractivity (Wildman–Crippen MR) is 84.6 cm³/mol. The van der Waals surface area contributed by atoms with Gasteiger partial charge in [0.25, 0.3) is 5.91 Å². The normalized spacial score (nSPS) is 9.86. The van der Waals surface area contributed by atoms with Crippen LogP contribution in [-0.4, -0.2) is 45.9 Å². The topological polar surface area (TPSA) is 59.6 Å². The van der Waals surface area contributed by atoms with Crippen molar-refractivity contribution in [3.8, 4) is 5.75 Å². The van der Waals surface area contributed by atoms with Gasteiger partial charge in [-0.1, -0.05) is 15.9 Å². The molecule has 0 atom stereocenters. The number of benzene rings is 1. The Hall–Kier alpha value is -0.890. The molecule has 0 spiro atoms. The molecule has 1 aromatic carbocycles. The molecule has 0 radical (unpaired) electrons. The van der Waals surface area contributed by atoms with Crippen molar-refractivity contribution in [1.29, 1.82) is 0 Å². The molecule has 0 aliphatic heterocycles. The van der Waals surface area contributed by atoms with Gasteiger partial charge in [-0.15, -0.1) is 12.4 Å². The molecule has 1 amide bonds. The van der Waals surface area contributed by atoms with E-state index in [1.54, 1.807) is 13.2 Å². The molecule has 0 bridgehead atoms. The number of nitrogens with one attached hydrogen (secondary N) is 2. The first-order chi connectivity index (χ1) is 9.63. The van der Waals surface area contributed by atoms with Crippen molar-refractivity contribution in [2.45, 2.75) is 0 Å². The van der Waals surface area contributed by atoms with Gasteiger partial charge in [0.2, 0.25) is 0 Å². The van der Waals surface area contributed by atoms with E-state index in [1.807, 2.05) is 0 Å². The molecule has 2 N–H and O–H groups in total. The molecule has 0 aliphatic carbocycles. The van der Waals surface area contributed by atoms with Gasteiger partial charge in [0, 0.05) is 31.2 Å². The van der Waals surface area contributed by atoms with Crippen LogP contribution in [0.2, 0.25) is 0 Å². The van der Waals surface area contributed by atoms with E-state index in [9.17, 15) is 9.18 Å². The lowest BCUT2D eigenvalue weighted by Crippen LogP contribution is -2.35. The first-order valence-electron chi connectivity index (χ1n) is 6.17. The van der Waals surface area contributed by atoms with Gasteiger partial charge in [-0.3, -0.25) is 4.79 Å². The van der Waals surface area contributed by atoms with Crippen LogP contribution in [-0.2, 0) is 9.53 Å². The summed E-state index contributed by atoms with van der Waals surface area (Å²) >= 11 is 3.15. The molecule has 21 heavy (non-hydrogen) atoms. The Labute approximate surface area is 138 Å². The zero-order valence-corrected chi connectivity index (χ0v) is 14.1. The number of carbonyl (C=O) groups is 1. The first kappa shape index (κ1) is 20.1. The Kier molecular flexibility index (Phi) is 11.2. The van der Waals surface area contributed by atoms with Gasteiger partial charge in [-0.2, -0.15) is 0 Å². The van der Waals surface area contributed by atoms with Crippen LogP contribution in [0.15, 0.2) is 22.7 Å². The van der Waals surface area contributed by atoms with Crippen LogP contribution in [0.25, 0.3) is 0 Å². The van der Waals surface area contributed by atoms with Crippen LogP contribution in [0, 0.1) is 5.82 Å². The summed E-state index contributed by atoms with van der Waals surface area (Å²) in [5, 5.41) is 5.75. The van der Waals surface area contributed by atoms with E-state index in [0.717, 1.165) is 6.54 Å². The number of hydrogen-bond donors (Lipinski definition) is 2. The minimum absolute atomic E-state index is 0. The van der Waals surface area contributed by atoms with E-state index in [1.165, 1.54) is 12.1 Å². The lowest BCUT2D eigenvalue weighted by molar-refractivity contribution is -0.123. The Morgan fingerprint density at radius 1 is 1.33 bits per heavy atom. The first-order valence-corrected chi connectivity index (χ1v) is 6.97. The quantitative estimate of drug-likeness (QED) is 0.636. The second kappa shape index (κ2) is 11.7. The van der Waals surface area contributed by atoms with Crippen LogP contribution in [0.1, 0.15) is 0 Å². The van der Waals surface area contributed by atoms with E-state index < -0.39 is 5.82 Å². The highest BCUT2D eigenvalue weighted by atomic mass is 79.9. The highest BCUT2D eigenvalue weighted by Gasteiger charge is 2.06. The average molecular weight is 386 g/mol. The van der Waals surface area contributed by atoms with Gasteiger partial charge in [-0.05, 0) is 18.2 Å². The van der Waals surface area contributed by atoms with Crippen molar-refractivity contribution < 1.29 is 18.7 Å². The second-order valence-electron chi connectivity index (χ2n) is 3.96. The van der Waals surface area contributed by atoms with E-state index in [-0.39, 0.29) is 30.7 Å². The maximum Gasteiger partial charge on any atom is 0.257 e. The van der Waals surface area contributed by atoms with Crippen LogP contribution < -0.4 is 15.4 Å². The van der Waals surface area contributed by atoms with Crippen molar-refractivity contribution in [2.75, 3.05) is 40.0 Å². The molecule has 1 rings (SSSR count). The van der Waals surface area contributed by atoms with Crippen molar-refractivity contribution in [2.24, 2.45) is 0 Å². The minimum atomic E-state index is -0.506. The van der Waals surface area contributed by atoms with Crippen LogP contribution in [0.3, 0.4) is 0 Å². The monoisotopic (exact) mass is 384 g/mol. The third kappa shape index (κ3) is 8.87. The number of carbonyl (C=O) groups excluding carboxylic acids is 1. The van der Waals surface area contributed by atoms with Gasteiger partial charge in [-0.25, -0.2) is 4.39 Å². The van der Waals surface area contributed by atoms with Gasteiger partial charge >= 0.3 is 0 Å². The average Bonchev–Trinajstić information content (AvgIpc) is 2.41. The molecular weight excluding hydrogens is 367 g/mol. The number of rotatable bonds is 9. The van der Waals surface area contributed by atoms with E-state index in [2.05, 4.69) is 26.6 Å².